The van der Waals surface area contributed by atoms with Crippen molar-refractivity contribution < 1.29 is 14.3 Å². The molecule has 0 fully saturated rings. The Morgan fingerprint density at radius 1 is 1.61 bits per heavy atom. The van der Waals surface area contributed by atoms with Gasteiger partial charge in [-0.15, -0.1) is 0 Å². The van der Waals surface area contributed by atoms with Gasteiger partial charge >= 0.3 is 5.97 Å². The third-order valence-electron chi connectivity index (χ3n) is 2.82. The molecule has 18 heavy (non-hydrogen) atoms. The van der Waals surface area contributed by atoms with Crippen LogP contribution in [0.5, 0.6) is 0 Å². The maximum atomic E-state index is 11.2. The molecule has 0 saturated heterocycles. The maximum Gasteiger partial charge on any atom is 0.307 e. The van der Waals surface area contributed by atoms with E-state index < -0.39 is 0 Å². The molecule has 98 valence electrons. The van der Waals surface area contributed by atoms with Crippen LogP contribution in [0.3, 0.4) is 0 Å². The van der Waals surface area contributed by atoms with Crippen molar-refractivity contribution in [2.75, 3.05) is 19.8 Å². The molecule has 0 aromatic carbocycles. The monoisotopic (exact) mass is 250 g/mol. The molecule has 5 nitrogen and oxygen atoms in total. The summed E-state index contributed by atoms with van der Waals surface area (Å²) in [6, 6.07) is 0. The first-order valence-electron chi connectivity index (χ1n) is 6.25. The van der Waals surface area contributed by atoms with E-state index in [1.165, 1.54) is 5.57 Å². The molecule has 0 aliphatic carbocycles. The lowest BCUT2D eigenvalue weighted by molar-refractivity contribution is -0.143. The second kappa shape index (κ2) is 6.35. The zero-order chi connectivity index (χ0) is 12.8. The van der Waals surface area contributed by atoms with E-state index in [2.05, 4.69) is 11.2 Å². The summed E-state index contributed by atoms with van der Waals surface area (Å²) in [7, 11) is 0. The van der Waals surface area contributed by atoms with Gasteiger partial charge in [0.05, 0.1) is 39.0 Å². The van der Waals surface area contributed by atoms with Crippen LogP contribution in [0, 0.1) is 0 Å². The Bertz CT molecular complexity index is 437. The number of carbonyl (C=O) groups excluding carboxylic acids is 1. The van der Waals surface area contributed by atoms with Gasteiger partial charge in [0.2, 0.25) is 0 Å². The van der Waals surface area contributed by atoms with Crippen molar-refractivity contribution in [3.8, 4) is 0 Å². The SMILES string of the molecule is CCOC(=O)CCn1cc(C2=CCOCC2)cn1. The number of esters is 1. The second-order valence-electron chi connectivity index (χ2n) is 4.10. The number of ether oxygens (including phenoxy) is 2. The normalized spacial score (nSPS) is 15.3. The van der Waals surface area contributed by atoms with Crippen LogP contribution in [0.15, 0.2) is 18.5 Å². The molecule has 0 N–H and O–H groups in total. The predicted octanol–water partition coefficient (Wildman–Crippen LogP) is 1.64. The molecule has 0 atom stereocenters. The van der Waals surface area contributed by atoms with Crippen molar-refractivity contribution in [1.29, 1.82) is 0 Å². The summed E-state index contributed by atoms with van der Waals surface area (Å²) < 4.78 is 11.9. The van der Waals surface area contributed by atoms with Gasteiger partial charge in [-0.25, -0.2) is 0 Å². The van der Waals surface area contributed by atoms with Crippen molar-refractivity contribution in [1.82, 2.24) is 9.78 Å². The van der Waals surface area contributed by atoms with Crippen LogP contribution in [0.4, 0.5) is 0 Å². The molecule has 1 aromatic heterocycles. The molecule has 1 aliphatic heterocycles. The van der Waals surface area contributed by atoms with Crippen LogP contribution in [0.25, 0.3) is 5.57 Å². The summed E-state index contributed by atoms with van der Waals surface area (Å²) >= 11 is 0. The molecule has 2 rings (SSSR count). The van der Waals surface area contributed by atoms with Crippen LogP contribution in [0.2, 0.25) is 0 Å². The van der Waals surface area contributed by atoms with E-state index in [-0.39, 0.29) is 5.97 Å². The van der Waals surface area contributed by atoms with E-state index >= 15 is 0 Å². The summed E-state index contributed by atoms with van der Waals surface area (Å²) in [6.45, 7) is 4.23. The van der Waals surface area contributed by atoms with Crippen molar-refractivity contribution in [3.63, 3.8) is 0 Å². The predicted molar refractivity (Wildman–Crippen MR) is 66.9 cm³/mol. The third-order valence-corrected chi connectivity index (χ3v) is 2.82. The molecule has 2 heterocycles. The second-order valence-corrected chi connectivity index (χ2v) is 4.10. The zero-order valence-electron chi connectivity index (χ0n) is 10.6. The number of hydrogen-bond donors (Lipinski definition) is 0. The van der Waals surface area contributed by atoms with Gasteiger partial charge < -0.3 is 9.47 Å². The largest absolute Gasteiger partial charge is 0.466 e. The van der Waals surface area contributed by atoms with Crippen molar-refractivity contribution >= 4 is 11.5 Å². The highest BCUT2D eigenvalue weighted by Gasteiger charge is 2.09. The number of aryl methyl sites for hydroxylation is 1. The molecule has 0 bridgehead atoms. The van der Waals surface area contributed by atoms with E-state index in [9.17, 15) is 4.79 Å². The Morgan fingerprint density at radius 2 is 2.50 bits per heavy atom. The lowest BCUT2D eigenvalue weighted by Crippen LogP contribution is -2.09. The van der Waals surface area contributed by atoms with Gasteiger partial charge in [0.1, 0.15) is 0 Å². The lowest BCUT2D eigenvalue weighted by atomic mass is 10.1. The zero-order valence-corrected chi connectivity index (χ0v) is 10.6. The van der Waals surface area contributed by atoms with Gasteiger partial charge in [0.15, 0.2) is 0 Å². The molecular weight excluding hydrogens is 232 g/mol. The highest BCUT2D eigenvalue weighted by Crippen LogP contribution is 2.20. The number of nitrogens with zero attached hydrogens (tertiary/aromatic N) is 2. The van der Waals surface area contributed by atoms with E-state index in [0.717, 1.165) is 18.6 Å². The first-order valence-corrected chi connectivity index (χ1v) is 6.25. The molecule has 0 spiro atoms. The summed E-state index contributed by atoms with van der Waals surface area (Å²) in [5.41, 5.74) is 2.38. The van der Waals surface area contributed by atoms with E-state index in [4.69, 9.17) is 9.47 Å². The fraction of sp³-hybridized carbons (Fsp3) is 0.538. The molecule has 1 aromatic rings. The van der Waals surface area contributed by atoms with Gasteiger partial charge in [0.25, 0.3) is 0 Å². The first-order chi connectivity index (χ1) is 8.79. The van der Waals surface area contributed by atoms with Crippen molar-refractivity contribution in [2.24, 2.45) is 0 Å². The van der Waals surface area contributed by atoms with Crippen LogP contribution < -0.4 is 0 Å². The Kier molecular flexibility index (Phi) is 4.52. The molecular formula is C13H18N2O3. The molecule has 5 heteroatoms. The van der Waals surface area contributed by atoms with Gasteiger partial charge in [-0.2, -0.15) is 5.10 Å². The maximum absolute atomic E-state index is 11.2. The highest BCUT2D eigenvalue weighted by molar-refractivity contribution is 5.69. The minimum atomic E-state index is -0.181. The quantitative estimate of drug-likeness (QED) is 0.745. The Hall–Kier alpha value is -1.62. The number of carbonyl (C=O) groups is 1. The Balaban J connectivity index is 1.90. The summed E-state index contributed by atoms with van der Waals surface area (Å²) in [5.74, 6) is -0.181. The number of aromatic nitrogens is 2. The topological polar surface area (TPSA) is 53.4 Å². The number of hydrogen-bond acceptors (Lipinski definition) is 4. The van der Waals surface area contributed by atoms with Crippen molar-refractivity contribution in [2.45, 2.75) is 26.3 Å². The minimum absolute atomic E-state index is 0.181. The Morgan fingerprint density at radius 3 is 3.22 bits per heavy atom. The summed E-state index contributed by atoms with van der Waals surface area (Å²) in [5, 5.41) is 4.25. The van der Waals surface area contributed by atoms with E-state index in [1.807, 2.05) is 19.3 Å². The van der Waals surface area contributed by atoms with Crippen LogP contribution in [0.1, 0.15) is 25.3 Å². The molecule has 0 radical (unpaired) electrons. The fourth-order valence-corrected chi connectivity index (χ4v) is 1.88. The first kappa shape index (κ1) is 12.8. The average molecular weight is 250 g/mol. The molecule has 0 unspecified atom stereocenters. The fourth-order valence-electron chi connectivity index (χ4n) is 1.88. The van der Waals surface area contributed by atoms with Gasteiger partial charge in [-0.05, 0) is 18.9 Å². The van der Waals surface area contributed by atoms with Crippen LogP contribution in [-0.4, -0.2) is 35.6 Å². The highest BCUT2D eigenvalue weighted by atomic mass is 16.5. The minimum Gasteiger partial charge on any atom is -0.466 e. The van der Waals surface area contributed by atoms with E-state index in [0.29, 0.717) is 26.2 Å². The molecule has 0 saturated carbocycles. The summed E-state index contributed by atoms with van der Waals surface area (Å²) in [6.07, 6.45) is 7.16. The van der Waals surface area contributed by atoms with E-state index in [1.54, 1.807) is 4.68 Å². The van der Waals surface area contributed by atoms with Crippen molar-refractivity contribution in [3.05, 3.63) is 24.0 Å². The molecule has 0 amide bonds. The Labute approximate surface area is 106 Å². The molecule has 1 aliphatic rings. The van der Waals surface area contributed by atoms with Gasteiger partial charge in [-0.3, -0.25) is 9.48 Å². The summed E-state index contributed by atoms with van der Waals surface area (Å²) in [4.78, 5) is 11.2. The van der Waals surface area contributed by atoms with Crippen LogP contribution >= 0.6 is 0 Å². The third kappa shape index (κ3) is 3.43. The number of rotatable bonds is 5. The average Bonchev–Trinajstić information content (AvgIpc) is 2.87. The lowest BCUT2D eigenvalue weighted by Gasteiger charge is -2.11. The van der Waals surface area contributed by atoms with Gasteiger partial charge in [0, 0.05) is 11.8 Å². The standard InChI is InChI=1S/C13H18N2O3/c1-2-18-13(16)3-6-15-10-12(9-14-15)11-4-7-17-8-5-11/h4,9-10H,2-3,5-8H2,1H3. The smallest absolute Gasteiger partial charge is 0.307 e. The van der Waals surface area contributed by atoms with Crippen LogP contribution in [-0.2, 0) is 20.8 Å². The van der Waals surface area contributed by atoms with Gasteiger partial charge in [-0.1, -0.05) is 6.08 Å².